The number of ether oxygens (including phenoxy) is 2. The average molecular weight is 292 g/mol. The maximum atomic E-state index is 10.7. The molecule has 1 aromatic carbocycles. The van der Waals surface area contributed by atoms with Gasteiger partial charge in [0, 0.05) is 18.7 Å². The van der Waals surface area contributed by atoms with Crippen molar-refractivity contribution in [2.24, 2.45) is 0 Å². The summed E-state index contributed by atoms with van der Waals surface area (Å²) in [5.74, 6) is -0.000278. The normalized spacial score (nSPS) is 20.8. The highest BCUT2D eigenvalue weighted by Crippen LogP contribution is 2.23. The summed E-state index contributed by atoms with van der Waals surface area (Å²) in [5.41, 5.74) is 1.33. The summed E-state index contributed by atoms with van der Waals surface area (Å²) in [6, 6.07) is 4.52. The molecular formula is C13H16N4O4. The van der Waals surface area contributed by atoms with Gasteiger partial charge < -0.3 is 19.8 Å². The van der Waals surface area contributed by atoms with Crippen LogP contribution in [0.2, 0.25) is 0 Å². The van der Waals surface area contributed by atoms with Crippen LogP contribution in [-0.2, 0) is 9.47 Å². The summed E-state index contributed by atoms with van der Waals surface area (Å²) in [6.45, 7) is 4.80. The Bertz CT molecular complexity index is 682. The van der Waals surface area contributed by atoms with Gasteiger partial charge in [0.2, 0.25) is 5.95 Å². The third-order valence-electron chi connectivity index (χ3n) is 3.24. The Balaban J connectivity index is 1.69. The summed E-state index contributed by atoms with van der Waals surface area (Å²) in [4.78, 5) is 17.6. The second-order valence-corrected chi connectivity index (χ2v) is 5.38. The Morgan fingerprint density at radius 2 is 2.38 bits per heavy atom. The summed E-state index contributed by atoms with van der Waals surface area (Å²) in [6.07, 6.45) is -0.0532. The van der Waals surface area contributed by atoms with Gasteiger partial charge in [-0.15, -0.1) is 0 Å². The second-order valence-electron chi connectivity index (χ2n) is 5.38. The van der Waals surface area contributed by atoms with Crippen LogP contribution in [0.3, 0.4) is 0 Å². The van der Waals surface area contributed by atoms with Gasteiger partial charge in [-0.3, -0.25) is 10.1 Å². The molecule has 0 radical (unpaired) electrons. The zero-order valence-corrected chi connectivity index (χ0v) is 11.8. The number of rotatable bonds is 4. The van der Waals surface area contributed by atoms with Crippen LogP contribution in [0, 0.1) is 10.1 Å². The Kier molecular flexibility index (Phi) is 3.26. The molecule has 1 atom stereocenters. The maximum absolute atomic E-state index is 10.7. The molecule has 0 amide bonds. The average Bonchev–Trinajstić information content (AvgIpc) is 2.97. The number of aromatic nitrogens is 2. The molecule has 0 spiro atoms. The first kappa shape index (κ1) is 13.8. The van der Waals surface area contributed by atoms with E-state index in [0.29, 0.717) is 30.1 Å². The minimum atomic E-state index is -0.555. The van der Waals surface area contributed by atoms with Gasteiger partial charge in [0.1, 0.15) is 6.10 Å². The largest absolute Gasteiger partial charge is 0.353 e. The van der Waals surface area contributed by atoms with E-state index in [1.54, 1.807) is 6.07 Å². The number of fused-ring (bicyclic) bond motifs is 1. The SMILES string of the molecule is CC1(C)OCC(CNc2nc3ccc([N+](=O)[O-])cc3[nH]2)O1. The molecule has 1 aromatic heterocycles. The number of nitrogens with zero attached hydrogens (tertiary/aromatic N) is 2. The Hall–Kier alpha value is -2.19. The van der Waals surface area contributed by atoms with E-state index in [4.69, 9.17) is 9.47 Å². The third kappa shape index (κ3) is 2.96. The van der Waals surface area contributed by atoms with Crippen molar-refractivity contribution < 1.29 is 14.4 Å². The molecule has 0 bridgehead atoms. The monoisotopic (exact) mass is 292 g/mol. The first-order valence-electron chi connectivity index (χ1n) is 6.63. The van der Waals surface area contributed by atoms with Crippen molar-refractivity contribution in [2.45, 2.75) is 25.7 Å². The van der Waals surface area contributed by atoms with Crippen molar-refractivity contribution in [3.05, 3.63) is 28.3 Å². The van der Waals surface area contributed by atoms with Crippen LogP contribution in [-0.4, -0.2) is 39.9 Å². The number of aromatic amines is 1. The molecule has 8 nitrogen and oxygen atoms in total. The lowest BCUT2D eigenvalue weighted by Gasteiger charge is -2.17. The number of H-pyrrole nitrogens is 1. The number of benzene rings is 1. The molecule has 21 heavy (non-hydrogen) atoms. The number of anilines is 1. The van der Waals surface area contributed by atoms with Crippen molar-refractivity contribution >= 4 is 22.7 Å². The van der Waals surface area contributed by atoms with Gasteiger partial charge in [-0.2, -0.15) is 0 Å². The van der Waals surface area contributed by atoms with Crippen LogP contribution < -0.4 is 5.32 Å². The molecule has 0 saturated carbocycles. The summed E-state index contributed by atoms with van der Waals surface area (Å²) >= 11 is 0. The zero-order valence-electron chi connectivity index (χ0n) is 11.8. The van der Waals surface area contributed by atoms with Gasteiger partial charge >= 0.3 is 0 Å². The van der Waals surface area contributed by atoms with E-state index >= 15 is 0 Å². The Morgan fingerprint density at radius 1 is 1.57 bits per heavy atom. The molecule has 3 rings (SSSR count). The van der Waals surface area contributed by atoms with Crippen LogP contribution in [0.5, 0.6) is 0 Å². The summed E-state index contributed by atoms with van der Waals surface area (Å²) < 4.78 is 11.2. The fourth-order valence-corrected chi connectivity index (χ4v) is 2.27. The summed E-state index contributed by atoms with van der Waals surface area (Å²) in [5, 5.41) is 13.9. The molecule has 0 aliphatic carbocycles. The lowest BCUT2D eigenvalue weighted by atomic mass is 10.3. The number of imidazole rings is 1. The quantitative estimate of drug-likeness (QED) is 0.660. The van der Waals surface area contributed by atoms with Crippen molar-refractivity contribution in [1.82, 2.24) is 9.97 Å². The van der Waals surface area contributed by atoms with Gasteiger partial charge in [-0.1, -0.05) is 0 Å². The molecule has 1 aliphatic heterocycles. The number of nitro groups is 1. The molecule has 1 unspecified atom stereocenters. The fraction of sp³-hybridized carbons (Fsp3) is 0.462. The number of non-ortho nitro benzene ring substituents is 1. The van der Waals surface area contributed by atoms with E-state index in [0.717, 1.165) is 0 Å². The van der Waals surface area contributed by atoms with Gasteiger partial charge in [0.25, 0.3) is 5.69 Å². The topological polar surface area (TPSA) is 102 Å². The molecule has 2 heterocycles. The highest BCUT2D eigenvalue weighted by molar-refractivity contribution is 5.79. The maximum Gasteiger partial charge on any atom is 0.271 e. The van der Waals surface area contributed by atoms with Gasteiger partial charge in [0.05, 0.1) is 22.6 Å². The number of hydrogen-bond acceptors (Lipinski definition) is 6. The van der Waals surface area contributed by atoms with Crippen LogP contribution >= 0.6 is 0 Å². The Labute approximate surface area is 120 Å². The van der Waals surface area contributed by atoms with E-state index in [1.807, 2.05) is 13.8 Å². The lowest BCUT2D eigenvalue weighted by Crippen LogP contribution is -2.26. The summed E-state index contributed by atoms with van der Waals surface area (Å²) in [7, 11) is 0. The van der Waals surface area contributed by atoms with E-state index in [9.17, 15) is 10.1 Å². The van der Waals surface area contributed by atoms with Gasteiger partial charge in [0.15, 0.2) is 5.79 Å². The molecule has 1 fully saturated rings. The predicted molar refractivity (Wildman–Crippen MR) is 76.1 cm³/mol. The molecule has 112 valence electrons. The molecular weight excluding hydrogens is 276 g/mol. The van der Waals surface area contributed by atoms with Crippen LogP contribution in [0.15, 0.2) is 18.2 Å². The minimum absolute atomic E-state index is 0.0342. The molecule has 2 aromatic rings. The van der Waals surface area contributed by atoms with E-state index in [-0.39, 0.29) is 11.8 Å². The van der Waals surface area contributed by atoms with Crippen molar-refractivity contribution in [3.63, 3.8) is 0 Å². The number of hydrogen-bond donors (Lipinski definition) is 2. The Morgan fingerprint density at radius 3 is 3.05 bits per heavy atom. The minimum Gasteiger partial charge on any atom is -0.353 e. The fourth-order valence-electron chi connectivity index (χ4n) is 2.27. The van der Waals surface area contributed by atoms with Crippen molar-refractivity contribution in [1.29, 1.82) is 0 Å². The number of nitrogens with one attached hydrogen (secondary N) is 2. The highest BCUT2D eigenvalue weighted by atomic mass is 16.7. The number of nitro benzene ring substituents is 1. The predicted octanol–water partition coefficient (Wildman–Crippen LogP) is 2.03. The van der Waals surface area contributed by atoms with Crippen molar-refractivity contribution in [2.75, 3.05) is 18.5 Å². The van der Waals surface area contributed by atoms with Gasteiger partial charge in [-0.25, -0.2) is 4.98 Å². The standard InChI is InChI=1S/C13H16N4O4/c1-13(2)20-7-9(21-13)6-14-12-15-10-4-3-8(17(18)19)5-11(10)16-12/h3-5,9H,6-7H2,1-2H3,(H2,14,15,16). The highest BCUT2D eigenvalue weighted by Gasteiger charge is 2.32. The van der Waals surface area contributed by atoms with Crippen LogP contribution in [0.4, 0.5) is 11.6 Å². The van der Waals surface area contributed by atoms with E-state index in [2.05, 4.69) is 15.3 Å². The van der Waals surface area contributed by atoms with E-state index < -0.39 is 10.7 Å². The lowest BCUT2D eigenvalue weighted by molar-refractivity contribution is -0.384. The molecule has 2 N–H and O–H groups in total. The van der Waals surface area contributed by atoms with Gasteiger partial charge in [-0.05, 0) is 19.9 Å². The third-order valence-corrected chi connectivity index (χ3v) is 3.24. The molecule has 1 aliphatic rings. The van der Waals surface area contributed by atoms with Crippen LogP contribution in [0.1, 0.15) is 13.8 Å². The molecule has 1 saturated heterocycles. The second kappa shape index (κ2) is 4.97. The molecule has 8 heteroatoms. The smallest absolute Gasteiger partial charge is 0.271 e. The first-order valence-corrected chi connectivity index (χ1v) is 6.63. The zero-order chi connectivity index (χ0) is 15.0. The first-order chi connectivity index (χ1) is 9.93. The van der Waals surface area contributed by atoms with E-state index in [1.165, 1.54) is 12.1 Å². The van der Waals surface area contributed by atoms with Crippen LogP contribution in [0.25, 0.3) is 11.0 Å². The van der Waals surface area contributed by atoms with Crippen molar-refractivity contribution in [3.8, 4) is 0 Å².